The monoisotopic (exact) mass is 344 g/mol. The lowest BCUT2D eigenvalue weighted by Gasteiger charge is -2.39. The van der Waals surface area contributed by atoms with Crippen molar-refractivity contribution in [1.29, 1.82) is 0 Å². The zero-order valence-electron chi connectivity index (χ0n) is 13.8. The molecule has 0 bridgehead atoms. The number of amides is 2. The van der Waals surface area contributed by atoms with Gasteiger partial charge in [0.15, 0.2) is 0 Å². The van der Waals surface area contributed by atoms with Crippen LogP contribution in [0.5, 0.6) is 0 Å². The molecule has 0 aliphatic carbocycles. The quantitative estimate of drug-likeness (QED) is 0.859. The standard InChI is InChI=1S/C19H18F2N2O2/c1-13-19(25)23(17-8-7-15(20)12-16(17)21)10-9-22(13)18(24)11-14-5-3-2-4-6-14/h2-8,12-13H,9-11H2,1H3/t13-/m1/s1. The molecule has 1 aliphatic rings. The average Bonchev–Trinajstić information content (AvgIpc) is 2.59. The summed E-state index contributed by atoms with van der Waals surface area (Å²) in [6, 6.07) is 11.7. The van der Waals surface area contributed by atoms with Gasteiger partial charge in [0, 0.05) is 19.2 Å². The van der Waals surface area contributed by atoms with Gasteiger partial charge in [-0.3, -0.25) is 9.59 Å². The number of rotatable bonds is 3. The number of nitrogens with zero attached hydrogens (tertiary/aromatic N) is 2. The van der Waals surface area contributed by atoms with Crippen LogP contribution in [0.2, 0.25) is 0 Å². The lowest BCUT2D eigenvalue weighted by atomic mass is 10.1. The molecule has 1 heterocycles. The van der Waals surface area contributed by atoms with Crippen molar-refractivity contribution in [3.8, 4) is 0 Å². The van der Waals surface area contributed by atoms with Crippen LogP contribution in [0.4, 0.5) is 14.5 Å². The minimum atomic E-state index is -0.787. The van der Waals surface area contributed by atoms with Crippen LogP contribution in [0, 0.1) is 11.6 Å². The van der Waals surface area contributed by atoms with Crippen molar-refractivity contribution in [1.82, 2.24) is 4.90 Å². The van der Waals surface area contributed by atoms with E-state index in [1.807, 2.05) is 30.3 Å². The molecular formula is C19H18F2N2O2. The van der Waals surface area contributed by atoms with E-state index in [-0.39, 0.29) is 30.5 Å². The fourth-order valence-corrected chi connectivity index (χ4v) is 3.02. The normalized spacial score (nSPS) is 17.7. The van der Waals surface area contributed by atoms with E-state index in [0.717, 1.165) is 17.7 Å². The van der Waals surface area contributed by atoms with Crippen LogP contribution >= 0.6 is 0 Å². The predicted molar refractivity (Wildman–Crippen MR) is 90.0 cm³/mol. The molecule has 6 heteroatoms. The van der Waals surface area contributed by atoms with Crippen LogP contribution in [0.25, 0.3) is 0 Å². The smallest absolute Gasteiger partial charge is 0.249 e. The maximum Gasteiger partial charge on any atom is 0.249 e. The van der Waals surface area contributed by atoms with Crippen LogP contribution in [-0.2, 0) is 16.0 Å². The van der Waals surface area contributed by atoms with E-state index in [2.05, 4.69) is 0 Å². The maximum atomic E-state index is 14.0. The summed E-state index contributed by atoms with van der Waals surface area (Å²) in [5.74, 6) is -2.01. The highest BCUT2D eigenvalue weighted by atomic mass is 19.1. The number of hydrogen-bond donors (Lipinski definition) is 0. The predicted octanol–water partition coefficient (Wildman–Crippen LogP) is 2.77. The van der Waals surface area contributed by atoms with Crippen LogP contribution in [0.15, 0.2) is 48.5 Å². The van der Waals surface area contributed by atoms with Crippen molar-refractivity contribution in [2.45, 2.75) is 19.4 Å². The van der Waals surface area contributed by atoms with E-state index < -0.39 is 17.7 Å². The lowest BCUT2D eigenvalue weighted by Crippen LogP contribution is -2.58. The number of halogens is 2. The topological polar surface area (TPSA) is 40.6 Å². The molecule has 0 unspecified atom stereocenters. The molecule has 0 radical (unpaired) electrons. The first-order valence-electron chi connectivity index (χ1n) is 8.07. The number of piperazine rings is 1. The van der Waals surface area contributed by atoms with Crippen LogP contribution in [0.3, 0.4) is 0 Å². The molecule has 1 aliphatic heterocycles. The average molecular weight is 344 g/mol. The zero-order valence-corrected chi connectivity index (χ0v) is 13.8. The molecule has 130 valence electrons. The molecule has 0 aromatic heterocycles. The summed E-state index contributed by atoms with van der Waals surface area (Å²) in [5, 5.41) is 0. The van der Waals surface area contributed by atoms with Gasteiger partial charge in [0.25, 0.3) is 0 Å². The molecule has 0 N–H and O–H groups in total. The summed E-state index contributed by atoms with van der Waals surface area (Å²) < 4.78 is 27.0. The fraction of sp³-hybridized carbons (Fsp3) is 0.263. The summed E-state index contributed by atoms with van der Waals surface area (Å²) in [7, 11) is 0. The Morgan fingerprint density at radius 2 is 1.84 bits per heavy atom. The second-order valence-corrected chi connectivity index (χ2v) is 6.01. The van der Waals surface area contributed by atoms with Gasteiger partial charge in [0.05, 0.1) is 12.1 Å². The third-order valence-corrected chi connectivity index (χ3v) is 4.37. The van der Waals surface area contributed by atoms with Gasteiger partial charge in [0.1, 0.15) is 17.7 Å². The number of hydrogen-bond acceptors (Lipinski definition) is 2. The minimum Gasteiger partial charge on any atom is -0.329 e. The SMILES string of the molecule is C[C@@H]1C(=O)N(c2ccc(F)cc2F)CCN1C(=O)Cc1ccccc1. The Balaban J connectivity index is 1.74. The Morgan fingerprint density at radius 3 is 2.52 bits per heavy atom. The highest BCUT2D eigenvalue weighted by Gasteiger charge is 2.35. The van der Waals surface area contributed by atoms with Crippen molar-refractivity contribution < 1.29 is 18.4 Å². The van der Waals surface area contributed by atoms with Crippen LogP contribution < -0.4 is 4.90 Å². The highest BCUT2D eigenvalue weighted by molar-refractivity contribution is 6.00. The van der Waals surface area contributed by atoms with E-state index in [4.69, 9.17) is 0 Å². The number of carbonyl (C=O) groups is 2. The lowest BCUT2D eigenvalue weighted by molar-refractivity contribution is -0.140. The van der Waals surface area contributed by atoms with E-state index in [0.29, 0.717) is 6.54 Å². The van der Waals surface area contributed by atoms with E-state index >= 15 is 0 Å². The Hall–Kier alpha value is -2.76. The van der Waals surface area contributed by atoms with E-state index in [1.54, 1.807) is 6.92 Å². The first kappa shape index (κ1) is 17.1. The molecule has 2 aromatic carbocycles. The van der Waals surface area contributed by atoms with E-state index in [9.17, 15) is 18.4 Å². The second-order valence-electron chi connectivity index (χ2n) is 6.01. The fourth-order valence-electron chi connectivity index (χ4n) is 3.02. The Morgan fingerprint density at radius 1 is 1.12 bits per heavy atom. The van der Waals surface area contributed by atoms with Gasteiger partial charge in [-0.15, -0.1) is 0 Å². The first-order valence-corrected chi connectivity index (χ1v) is 8.07. The summed E-state index contributed by atoms with van der Waals surface area (Å²) >= 11 is 0. The molecule has 25 heavy (non-hydrogen) atoms. The van der Waals surface area contributed by atoms with Crippen LogP contribution in [-0.4, -0.2) is 35.8 Å². The molecule has 1 saturated heterocycles. The van der Waals surface area contributed by atoms with Crippen LogP contribution in [0.1, 0.15) is 12.5 Å². The molecule has 1 fully saturated rings. The summed E-state index contributed by atoms with van der Waals surface area (Å²) in [4.78, 5) is 27.9. The zero-order chi connectivity index (χ0) is 18.0. The molecule has 0 spiro atoms. The molecule has 0 saturated carbocycles. The van der Waals surface area contributed by atoms with Gasteiger partial charge in [-0.05, 0) is 24.6 Å². The van der Waals surface area contributed by atoms with Gasteiger partial charge in [-0.25, -0.2) is 8.78 Å². The maximum absolute atomic E-state index is 14.0. The van der Waals surface area contributed by atoms with Gasteiger partial charge in [-0.2, -0.15) is 0 Å². The Kier molecular flexibility index (Phi) is 4.79. The minimum absolute atomic E-state index is 0.0356. The molecular weight excluding hydrogens is 326 g/mol. The van der Waals surface area contributed by atoms with E-state index in [1.165, 1.54) is 15.9 Å². The molecule has 3 rings (SSSR count). The molecule has 2 aromatic rings. The van der Waals surface area contributed by atoms with Crippen molar-refractivity contribution >= 4 is 17.5 Å². The van der Waals surface area contributed by atoms with Gasteiger partial charge in [0.2, 0.25) is 11.8 Å². The van der Waals surface area contributed by atoms with Crippen molar-refractivity contribution in [3.63, 3.8) is 0 Å². The number of carbonyl (C=O) groups excluding carboxylic acids is 2. The molecule has 2 amide bonds. The number of anilines is 1. The first-order chi connectivity index (χ1) is 12.0. The molecule has 4 nitrogen and oxygen atoms in total. The Labute approximate surface area is 144 Å². The second kappa shape index (κ2) is 7.01. The van der Waals surface area contributed by atoms with Crippen molar-refractivity contribution in [3.05, 3.63) is 65.7 Å². The van der Waals surface area contributed by atoms with Gasteiger partial charge in [-0.1, -0.05) is 30.3 Å². The largest absolute Gasteiger partial charge is 0.329 e. The summed E-state index contributed by atoms with van der Waals surface area (Å²) in [6.07, 6.45) is 0.212. The summed E-state index contributed by atoms with van der Waals surface area (Å²) in [6.45, 7) is 2.10. The third kappa shape index (κ3) is 3.52. The molecule has 1 atom stereocenters. The van der Waals surface area contributed by atoms with Gasteiger partial charge >= 0.3 is 0 Å². The summed E-state index contributed by atoms with van der Waals surface area (Å²) in [5.41, 5.74) is 0.910. The van der Waals surface area contributed by atoms with Crippen molar-refractivity contribution in [2.24, 2.45) is 0 Å². The number of benzene rings is 2. The Bertz CT molecular complexity index is 795. The van der Waals surface area contributed by atoms with Crippen molar-refractivity contribution in [2.75, 3.05) is 18.0 Å². The van der Waals surface area contributed by atoms with Gasteiger partial charge < -0.3 is 9.80 Å². The highest BCUT2D eigenvalue weighted by Crippen LogP contribution is 2.24. The third-order valence-electron chi connectivity index (χ3n) is 4.37.